The topological polar surface area (TPSA) is 55.8 Å². The first-order valence-corrected chi connectivity index (χ1v) is 6.66. The number of allylic oxidation sites excluding steroid dienone is 1. The molecular formula is C13H13F5O4. The molecule has 124 valence electrons. The predicted octanol–water partition coefficient (Wildman–Crippen LogP) is 2.03. The number of ether oxygens (including phenoxy) is 2. The lowest BCUT2D eigenvalue weighted by molar-refractivity contribution is -0.479. The number of carbonyl (C=O) groups excluding carboxylic acids is 1. The summed E-state index contributed by atoms with van der Waals surface area (Å²) in [6.07, 6.45) is -2.70. The molecule has 3 rings (SSSR count). The van der Waals surface area contributed by atoms with Crippen LogP contribution in [0.3, 0.4) is 0 Å². The average molecular weight is 328 g/mol. The highest BCUT2D eigenvalue weighted by molar-refractivity contribution is 5.66. The second-order valence-corrected chi connectivity index (χ2v) is 5.92. The van der Waals surface area contributed by atoms with Crippen LogP contribution in [0, 0.1) is 17.8 Å². The third kappa shape index (κ3) is 1.56. The summed E-state index contributed by atoms with van der Waals surface area (Å²) in [4.78, 5) is 11.0. The highest BCUT2D eigenvalue weighted by Crippen LogP contribution is 2.65. The van der Waals surface area contributed by atoms with E-state index in [4.69, 9.17) is 0 Å². The van der Waals surface area contributed by atoms with Crippen LogP contribution in [0.5, 0.6) is 0 Å². The molecule has 0 aromatic carbocycles. The Morgan fingerprint density at radius 1 is 1.36 bits per heavy atom. The molecule has 5 unspecified atom stereocenters. The second kappa shape index (κ2) is 4.19. The largest absolute Gasteiger partial charge is 0.462 e. The highest BCUT2D eigenvalue weighted by Gasteiger charge is 2.87. The van der Waals surface area contributed by atoms with Crippen molar-refractivity contribution in [2.45, 2.75) is 36.8 Å². The Bertz CT molecular complexity index is 545. The van der Waals surface area contributed by atoms with E-state index in [2.05, 4.69) is 9.47 Å². The first-order chi connectivity index (χ1) is 9.97. The van der Waals surface area contributed by atoms with Gasteiger partial charge in [-0.3, -0.25) is 4.79 Å². The van der Waals surface area contributed by atoms with Crippen molar-refractivity contribution in [3.8, 4) is 0 Å². The van der Waals surface area contributed by atoms with Gasteiger partial charge in [-0.1, -0.05) is 12.2 Å². The predicted molar refractivity (Wildman–Crippen MR) is 60.6 cm³/mol. The van der Waals surface area contributed by atoms with Gasteiger partial charge in [0.05, 0.1) is 6.61 Å². The Balaban J connectivity index is 2.14. The molecule has 1 aliphatic heterocycles. The van der Waals surface area contributed by atoms with Crippen LogP contribution in [0.15, 0.2) is 12.2 Å². The van der Waals surface area contributed by atoms with Gasteiger partial charge in [-0.15, -0.1) is 0 Å². The van der Waals surface area contributed by atoms with Crippen molar-refractivity contribution in [3.05, 3.63) is 12.2 Å². The summed E-state index contributed by atoms with van der Waals surface area (Å²) in [5, 5.41) is 10.5. The summed E-state index contributed by atoms with van der Waals surface area (Å²) in [6.45, 7) is -0.200. The molecule has 0 amide bonds. The van der Waals surface area contributed by atoms with Gasteiger partial charge in [0.2, 0.25) is 0 Å². The zero-order valence-electron chi connectivity index (χ0n) is 11.4. The van der Waals surface area contributed by atoms with Gasteiger partial charge in [-0.25, -0.2) is 0 Å². The van der Waals surface area contributed by atoms with Crippen LogP contribution in [0.25, 0.3) is 0 Å². The van der Waals surface area contributed by atoms with E-state index in [1.54, 1.807) is 6.08 Å². The van der Waals surface area contributed by atoms with E-state index in [9.17, 15) is 31.9 Å². The molecular weight excluding hydrogens is 315 g/mol. The van der Waals surface area contributed by atoms with Crippen molar-refractivity contribution < 1.29 is 41.3 Å². The van der Waals surface area contributed by atoms with E-state index in [1.807, 2.05) is 0 Å². The molecule has 0 radical (unpaired) electrons. The maximum Gasteiger partial charge on any atom is 0.462 e. The molecule has 2 aliphatic carbocycles. The number of fused-ring (bicyclic) bond motifs is 5. The monoisotopic (exact) mass is 328 g/mol. The maximum absolute atomic E-state index is 14.8. The lowest BCUT2D eigenvalue weighted by Crippen LogP contribution is -2.77. The van der Waals surface area contributed by atoms with E-state index in [1.165, 1.54) is 6.08 Å². The van der Waals surface area contributed by atoms with Crippen molar-refractivity contribution in [1.82, 2.24) is 0 Å². The molecule has 9 heteroatoms. The van der Waals surface area contributed by atoms with E-state index in [-0.39, 0.29) is 6.42 Å². The first-order valence-electron chi connectivity index (χ1n) is 6.66. The molecule has 2 bridgehead atoms. The third-order valence-corrected chi connectivity index (χ3v) is 4.81. The summed E-state index contributed by atoms with van der Waals surface area (Å²) in [7, 11) is 0. The maximum atomic E-state index is 14.8. The molecule has 3 aliphatic rings. The fraction of sp³-hybridized carbons (Fsp3) is 0.769. The Hall–Kier alpha value is -1.22. The molecule has 22 heavy (non-hydrogen) atoms. The van der Waals surface area contributed by atoms with Gasteiger partial charge in [-0.2, -0.15) is 22.0 Å². The van der Waals surface area contributed by atoms with E-state index < -0.39 is 53.8 Å². The van der Waals surface area contributed by atoms with Gasteiger partial charge in [0.1, 0.15) is 5.60 Å². The van der Waals surface area contributed by atoms with Crippen LogP contribution in [-0.2, 0) is 14.3 Å². The van der Waals surface area contributed by atoms with Crippen LogP contribution < -0.4 is 0 Å². The minimum atomic E-state index is -5.70. The van der Waals surface area contributed by atoms with E-state index >= 15 is 0 Å². The van der Waals surface area contributed by atoms with Crippen LogP contribution in [0.2, 0.25) is 0 Å². The Labute approximate surface area is 121 Å². The second-order valence-electron chi connectivity index (χ2n) is 5.92. The first kappa shape index (κ1) is 15.7. The number of halogens is 5. The molecule has 1 heterocycles. The lowest BCUT2D eigenvalue weighted by atomic mass is 9.70. The normalized spacial score (nSPS) is 45.7. The number of aliphatic hydroxyl groups is 1. The number of alkyl halides is 5. The Morgan fingerprint density at radius 2 is 2.00 bits per heavy atom. The number of rotatable bonds is 1. The fourth-order valence-electron chi connectivity index (χ4n) is 3.84. The summed E-state index contributed by atoms with van der Waals surface area (Å²) >= 11 is 0. The standard InChI is InChI=1S/C13H13F5O4/c1-6(19)22-12(13(16,17)18)11(14,15)10(20)8-3-2-7(4-8)9(10)5-21-12/h2-3,7-9,20H,4-5H2,1H3. The third-order valence-electron chi connectivity index (χ3n) is 4.81. The molecule has 4 nitrogen and oxygen atoms in total. The van der Waals surface area contributed by atoms with Crippen LogP contribution in [-0.4, -0.2) is 41.2 Å². The minimum Gasteiger partial charge on any atom is -0.418 e. The smallest absolute Gasteiger partial charge is 0.418 e. The summed E-state index contributed by atoms with van der Waals surface area (Å²) in [5.41, 5.74) is -2.96. The van der Waals surface area contributed by atoms with Crippen molar-refractivity contribution in [1.29, 1.82) is 0 Å². The number of carbonyl (C=O) groups is 1. The minimum absolute atomic E-state index is 0.119. The van der Waals surface area contributed by atoms with Crippen LogP contribution in [0.1, 0.15) is 13.3 Å². The van der Waals surface area contributed by atoms with E-state index in [0.29, 0.717) is 6.92 Å². The van der Waals surface area contributed by atoms with Gasteiger partial charge in [0.15, 0.2) is 0 Å². The molecule has 1 saturated heterocycles. The van der Waals surface area contributed by atoms with Gasteiger partial charge < -0.3 is 14.6 Å². The van der Waals surface area contributed by atoms with Gasteiger partial charge in [0, 0.05) is 18.8 Å². The zero-order chi connectivity index (χ0) is 16.6. The van der Waals surface area contributed by atoms with Crippen LogP contribution >= 0.6 is 0 Å². The van der Waals surface area contributed by atoms with E-state index in [0.717, 1.165) is 0 Å². The molecule has 5 atom stereocenters. The van der Waals surface area contributed by atoms with Gasteiger partial charge >= 0.3 is 23.9 Å². The summed E-state index contributed by atoms with van der Waals surface area (Å²) in [6, 6.07) is 0. The molecule has 1 saturated carbocycles. The molecule has 0 aromatic heterocycles. The molecule has 0 spiro atoms. The van der Waals surface area contributed by atoms with Crippen molar-refractivity contribution in [2.24, 2.45) is 17.8 Å². The molecule has 2 fully saturated rings. The SMILES string of the molecule is CC(=O)OC1(C(F)(F)F)OCC2C3C=CC(C3)C2(O)C1(F)F. The highest BCUT2D eigenvalue weighted by atomic mass is 19.4. The van der Waals surface area contributed by atoms with Crippen molar-refractivity contribution in [2.75, 3.05) is 6.61 Å². The van der Waals surface area contributed by atoms with Crippen molar-refractivity contribution >= 4 is 5.97 Å². The van der Waals surface area contributed by atoms with Gasteiger partial charge in [-0.05, 0) is 12.3 Å². The fourth-order valence-corrected chi connectivity index (χ4v) is 3.84. The Morgan fingerprint density at radius 3 is 2.55 bits per heavy atom. The van der Waals surface area contributed by atoms with Crippen molar-refractivity contribution in [3.63, 3.8) is 0 Å². The number of esters is 1. The summed E-state index contributed by atoms with van der Waals surface area (Å²) < 4.78 is 77.8. The molecule has 0 aromatic rings. The quantitative estimate of drug-likeness (QED) is 0.455. The summed E-state index contributed by atoms with van der Waals surface area (Å²) in [5.74, 6) is -13.7. The number of hydrogen-bond acceptors (Lipinski definition) is 4. The number of hydrogen-bond donors (Lipinski definition) is 1. The van der Waals surface area contributed by atoms with Crippen LogP contribution in [0.4, 0.5) is 22.0 Å². The lowest BCUT2D eigenvalue weighted by Gasteiger charge is -2.53. The zero-order valence-corrected chi connectivity index (χ0v) is 11.4. The average Bonchev–Trinajstić information content (AvgIpc) is 2.92. The Kier molecular flexibility index (Phi) is 2.99. The molecule has 1 N–H and O–H groups in total. The van der Waals surface area contributed by atoms with Gasteiger partial charge in [0.25, 0.3) is 0 Å².